The number of amides is 2. The molecule has 2 saturated carbocycles. The van der Waals surface area contributed by atoms with Crippen LogP contribution in [0.15, 0.2) is 54.9 Å². The summed E-state index contributed by atoms with van der Waals surface area (Å²) in [5, 5.41) is 4.51. The van der Waals surface area contributed by atoms with Gasteiger partial charge < -0.3 is 19.3 Å². The first-order valence-electron chi connectivity index (χ1n) is 17.8. The molecule has 0 N–H and O–H groups in total. The molecule has 3 aromatic rings. The van der Waals surface area contributed by atoms with Crippen LogP contribution in [0.2, 0.25) is 0 Å². The number of nitrogens with zero attached hydrogens (tertiary/aromatic N) is 4. The molecule has 1 aliphatic heterocycles. The summed E-state index contributed by atoms with van der Waals surface area (Å²) in [6, 6.07) is 14.4. The lowest BCUT2D eigenvalue weighted by Crippen LogP contribution is -2.50. The van der Waals surface area contributed by atoms with E-state index < -0.39 is 5.67 Å². The molecule has 0 atom stereocenters. The summed E-state index contributed by atoms with van der Waals surface area (Å²) in [6.45, 7) is 9.83. The predicted molar refractivity (Wildman–Crippen MR) is 186 cm³/mol. The number of alkyl halides is 1. The lowest BCUT2D eigenvalue weighted by atomic mass is 9.76. The van der Waals surface area contributed by atoms with E-state index in [1.165, 1.54) is 5.56 Å². The van der Waals surface area contributed by atoms with Crippen LogP contribution >= 0.6 is 0 Å². The van der Waals surface area contributed by atoms with Crippen molar-refractivity contribution in [3.05, 3.63) is 66.0 Å². The maximum absolute atomic E-state index is 16.9. The largest absolute Gasteiger partial charge is 0.496 e. The van der Waals surface area contributed by atoms with Crippen LogP contribution in [-0.4, -0.2) is 65.2 Å². The minimum Gasteiger partial charge on any atom is -0.496 e. The molecule has 2 amide bonds. The van der Waals surface area contributed by atoms with Gasteiger partial charge in [-0.3, -0.25) is 9.48 Å². The SMILES string of the molecule is COc1ccc(C2CCC(F)(CN(C(=O)C3CCC(OC(=O)N4CC(C)C4)CC3)c3cccc(-c4cnn(C(C)C)c4)c3)CC2)cc1C. The van der Waals surface area contributed by atoms with Crippen LogP contribution in [0.25, 0.3) is 11.1 Å². The number of hydrogen-bond acceptors (Lipinski definition) is 5. The monoisotopic (exact) mass is 658 g/mol. The van der Waals surface area contributed by atoms with Gasteiger partial charge >= 0.3 is 6.09 Å². The number of likely N-dealkylation sites (tertiary alicyclic amines) is 1. The minimum atomic E-state index is -1.49. The van der Waals surface area contributed by atoms with E-state index in [0.29, 0.717) is 50.1 Å². The van der Waals surface area contributed by atoms with E-state index >= 15 is 4.39 Å². The Kier molecular flexibility index (Phi) is 10.1. The van der Waals surface area contributed by atoms with Gasteiger partial charge in [-0.25, -0.2) is 9.18 Å². The van der Waals surface area contributed by atoms with Gasteiger partial charge in [0.1, 0.15) is 17.5 Å². The topological polar surface area (TPSA) is 76.9 Å². The Labute approximate surface area is 284 Å². The van der Waals surface area contributed by atoms with Crippen LogP contribution in [0.5, 0.6) is 5.75 Å². The molecular formula is C39H51FN4O4. The Morgan fingerprint density at radius 3 is 2.38 bits per heavy atom. The molecule has 6 rings (SSSR count). The second kappa shape index (κ2) is 14.3. The van der Waals surface area contributed by atoms with Crippen molar-refractivity contribution < 1.29 is 23.5 Å². The van der Waals surface area contributed by atoms with Crippen LogP contribution in [-0.2, 0) is 9.53 Å². The summed E-state index contributed by atoms with van der Waals surface area (Å²) in [4.78, 5) is 30.4. The molecule has 0 spiro atoms. The zero-order valence-electron chi connectivity index (χ0n) is 29.2. The minimum absolute atomic E-state index is 0.0248. The van der Waals surface area contributed by atoms with E-state index in [9.17, 15) is 9.59 Å². The summed E-state index contributed by atoms with van der Waals surface area (Å²) >= 11 is 0. The molecule has 2 heterocycles. The molecule has 48 heavy (non-hydrogen) atoms. The van der Waals surface area contributed by atoms with Gasteiger partial charge in [-0.15, -0.1) is 0 Å². The van der Waals surface area contributed by atoms with Gasteiger partial charge in [0.2, 0.25) is 5.91 Å². The van der Waals surface area contributed by atoms with Crippen molar-refractivity contribution in [1.29, 1.82) is 0 Å². The van der Waals surface area contributed by atoms with Gasteiger partial charge in [-0.2, -0.15) is 5.10 Å². The number of benzene rings is 2. The first-order valence-corrected chi connectivity index (χ1v) is 17.8. The smallest absolute Gasteiger partial charge is 0.410 e. The Morgan fingerprint density at radius 1 is 1.02 bits per heavy atom. The normalized spacial score (nSPS) is 24.6. The average molecular weight is 659 g/mol. The molecule has 1 aromatic heterocycles. The maximum Gasteiger partial charge on any atom is 0.410 e. The highest BCUT2D eigenvalue weighted by atomic mass is 19.1. The van der Waals surface area contributed by atoms with Crippen LogP contribution < -0.4 is 9.64 Å². The Morgan fingerprint density at radius 2 is 1.75 bits per heavy atom. The number of halogens is 1. The lowest BCUT2D eigenvalue weighted by molar-refractivity contribution is -0.124. The Hall–Kier alpha value is -3.88. The highest BCUT2D eigenvalue weighted by Gasteiger charge is 2.41. The fourth-order valence-electron chi connectivity index (χ4n) is 7.70. The summed E-state index contributed by atoms with van der Waals surface area (Å²) < 4.78 is 30.0. The molecule has 3 aliphatic rings. The van der Waals surface area contributed by atoms with E-state index in [1.807, 2.05) is 54.3 Å². The molecule has 8 nitrogen and oxygen atoms in total. The van der Waals surface area contributed by atoms with Crippen LogP contribution in [0.3, 0.4) is 0 Å². The molecule has 1 saturated heterocycles. The molecular weight excluding hydrogens is 607 g/mol. The quantitative estimate of drug-likeness (QED) is 0.231. The number of aryl methyl sites for hydroxylation is 1. The fourth-order valence-corrected chi connectivity index (χ4v) is 7.70. The van der Waals surface area contributed by atoms with E-state index in [2.05, 4.69) is 38.0 Å². The number of anilines is 1. The zero-order valence-corrected chi connectivity index (χ0v) is 29.2. The number of aromatic nitrogens is 2. The Bertz CT molecular complexity index is 1580. The van der Waals surface area contributed by atoms with Crippen molar-refractivity contribution in [2.24, 2.45) is 11.8 Å². The zero-order chi connectivity index (χ0) is 34.0. The third-order valence-electron chi connectivity index (χ3n) is 10.7. The van der Waals surface area contributed by atoms with E-state index in [0.717, 1.165) is 48.4 Å². The average Bonchev–Trinajstić information content (AvgIpc) is 3.57. The third kappa shape index (κ3) is 7.55. The van der Waals surface area contributed by atoms with Crippen LogP contribution in [0.4, 0.5) is 14.9 Å². The number of ether oxygens (including phenoxy) is 2. The summed E-state index contributed by atoms with van der Waals surface area (Å²) in [7, 11) is 1.68. The molecule has 9 heteroatoms. The van der Waals surface area contributed by atoms with Crippen molar-refractivity contribution in [3.8, 4) is 16.9 Å². The molecule has 0 bridgehead atoms. The lowest BCUT2D eigenvalue weighted by Gasteiger charge is -2.40. The molecule has 0 radical (unpaired) electrons. The number of carbonyl (C=O) groups is 2. The number of methoxy groups -OCH3 is 1. The second-order valence-corrected chi connectivity index (χ2v) is 14.8. The molecule has 2 aromatic carbocycles. The van der Waals surface area contributed by atoms with Crippen LogP contribution in [0, 0.1) is 18.8 Å². The second-order valence-electron chi connectivity index (χ2n) is 14.8. The number of hydrogen-bond donors (Lipinski definition) is 0. The Balaban J connectivity index is 1.18. The first-order chi connectivity index (χ1) is 23.0. The van der Waals surface area contributed by atoms with Crippen LogP contribution in [0.1, 0.15) is 95.2 Å². The van der Waals surface area contributed by atoms with Gasteiger partial charge in [0.05, 0.1) is 19.9 Å². The van der Waals surface area contributed by atoms with Crippen molar-refractivity contribution >= 4 is 17.7 Å². The van der Waals surface area contributed by atoms with E-state index in [1.54, 1.807) is 16.9 Å². The highest BCUT2D eigenvalue weighted by molar-refractivity contribution is 5.96. The van der Waals surface area contributed by atoms with Gasteiger partial charge in [0.25, 0.3) is 0 Å². The third-order valence-corrected chi connectivity index (χ3v) is 10.7. The van der Waals surface area contributed by atoms with Gasteiger partial charge in [0.15, 0.2) is 0 Å². The van der Waals surface area contributed by atoms with Gasteiger partial charge in [-0.1, -0.05) is 31.2 Å². The molecule has 0 unspecified atom stereocenters. The summed E-state index contributed by atoms with van der Waals surface area (Å²) in [6.07, 6.45) is 8.16. The van der Waals surface area contributed by atoms with Crippen molar-refractivity contribution in [2.75, 3.05) is 31.6 Å². The fraction of sp³-hybridized carbons (Fsp3) is 0.564. The summed E-state index contributed by atoms with van der Waals surface area (Å²) in [5.41, 5.74) is 3.43. The molecule has 258 valence electrons. The highest BCUT2D eigenvalue weighted by Crippen LogP contribution is 2.43. The van der Waals surface area contributed by atoms with E-state index in [-0.39, 0.29) is 42.5 Å². The van der Waals surface area contributed by atoms with Gasteiger partial charge in [-0.05, 0) is 119 Å². The van der Waals surface area contributed by atoms with E-state index in [4.69, 9.17) is 9.47 Å². The molecule has 2 aliphatic carbocycles. The van der Waals surface area contributed by atoms with Crippen molar-refractivity contribution in [2.45, 2.75) is 103 Å². The van der Waals surface area contributed by atoms with Crippen molar-refractivity contribution in [3.63, 3.8) is 0 Å². The predicted octanol–water partition coefficient (Wildman–Crippen LogP) is 8.49. The first kappa shape index (κ1) is 34.0. The molecule has 3 fully saturated rings. The maximum atomic E-state index is 16.9. The van der Waals surface area contributed by atoms with Gasteiger partial charge in [0, 0.05) is 42.5 Å². The summed E-state index contributed by atoms with van der Waals surface area (Å²) in [5.74, 6) is 1.36. The number of carbonyl (C=O) groups excluding carboxylic acids is 2. The standard InChI is InChI=1S/C39H51FN4O4/c1-26(2)44-24-33(21-41-44)31-7-6-8-34(20-31)43(37(45)30-9-12-35(13-10-30)48-38(46)42-22-27(3)23-42)25-39(40)17-15-29(16-18-39)32-11-14-36(47-5)28(4)19-32/h6-8,11,14,19-21,24,26-27,29-30,35H,9-10,12-13,15-18,22-23,25H2,1-5H3. The van der Waals surface area contributed by atoms with Crippen molar-refractivity contribution in [1.82, 2.24) is 14.7 Å². The number of rotatable bonds is 9.